The zero-order valence-electron chi connectivity index (χ0n) is 16.2. The Hall–Kier alpha value is -3.08. The Morgan fingerprint density at radius 3 is 2.44 bits per heavy atom. The van der Waals surface area contributed by atoms with Gasteiger partial charge in [0.25, 0.3) is 0 Å². The van der Waals surface area contributed by atoms with Crippen molar-refractivity contribution >= 4 is 23.1 Å². The molecule has 0 aliphatic rings. The van der Waals surface area contributed by atoms with Crippen LogP contribution in [0, 0.1) is 6.92 Å². The van der Waals surface area contributed by atoms with Crippen LogP contribution in [0.5, 0.6) is 0 Å². The fourth-order valence-corrected chi connectivity index (χ4v) is 3.01. The number of nitrogens with zero attached hydrogens (tertiary/aromatic N) is 3. The van der Waals surface area contributed by atoms with Crippen LogP contribution >= 0.6 is 0 Å². The summed E-state index contributed by atoms with van der Waals surface area (Å²) >= 11 is 0. The molecule has 0 bridgehead atoms. The summed E-state index contributed by atoms with van der Waals surface area (Å²) in [5.41, 5.74) is 4.68. The van der Waals surface area contributed by atoms with Crippen molar-refractivity contribution in [3.05, 3.63) is 71.9 Å². The zero-order valence-corrected chi connectivity index (χ0v) is 16.2. The quantitative estimate of drug-likeness (QED) is 0.592. The van der Waals surface area contributed by atoms with E-state index in [0.29, 0.717) is 5.95 Å². The van der Waals surface area contributed by atoms with Gasteiger partial charge < -0.3 is 15.5 Å². The topological polar surface area (TPSA) is 53.1 Å². The first kappa shape index (κ1) is 18.7. The summed E-state index contributed by atoms with van der Waals surface area (Å²) in [6, 6.07) is 18.7. The van der Waals surface area contributed by atoms with Crippen LogP contribution in [0.3, 0.4) is 0 Å². The van der Waals surface area contributed by atoms with Gasteiger partial charge in [0, 0.05) is 37.2 Å². The molecule has 0 saturated heterocycles. The smallest absolute Gasteiger partial charge is 0.229 e. The molecule has 0 saturated carbocycles. The lowest BCUT2D eigenvalue weighted by Crippen LogP contribution is -2.21. The van der Waals surface area contributed by atoms with E-state index in [2.05, 4.69) is 94.8 Å². The van der Waals surface area contributed by atoms with Gasteiger partial charge in [0.05, 0.1) is 0 Å². The van der Waals surface area contributed by atoms with Crippen molar-refractivity contribution in [2.45, 2.75) is 27.3 Å². The van der Waals surface area contributed by atoms with Gasteiger partial charge in [0.2, 0.25) is 5.95 Å². The third kappa shape index (κ3) is 5.20. The van der Waals surface area contributed by atoms with Gasteiger partial charge in [-0.15, -0.1) is 0 Å². The van der Waals surface area contributed by atoms with Crippen molar-refractivity contribution in [3.63, 3.8) is 0 Å². The van der Waals surface area contributed by atoms with Crippen LogP contribution in [0.4, 0.5) is 23.1 Å². The normalized spacial score (nSPS) is 10.5. The van der Waals surface area contributed by atoms with Crippen LogP contribution in [-0.2, 0) is 6.54 Å². The van der Waals surface area contributed by atoms with Crippen LogP contribution in [0.25, 0.3) is 0 Å². The van der Waals surface area contributed by atoms with E-state index in [4.69, 9.17) is 0 Å². The number of nitrogens with one attached hydrogen (secondary N) is 2. The summed E-state index contributed by atoms with van der Waals surface area (Å²) < 4.78 is 0. The molecule has 3 aromatic rings. The predicted molar refractivity (Wildman–Crippen MR) is 114 cm³/mol. The highest BCUT2D eigenvalue weighted by atomic mass is 15.1. The molecule has 5 nitrogen and oxygen atoms in total. The molecule has 2 N–H and O–H groups in total. The summed E-state index contributed by atoms with van der Waals surface area (Å²) in [7, 11) is 0. The fourth-order valence-electron chi connectivity index (χ4n) is 3.01. The summed E-state index contributed by atoms with van der Waals surface area (Å²) in [5, 5.41) is 6.63. The number of anilines is 4. The third-order valence-electron chi connectivity index (χ3n) is 4.46. The van der Waals surface area contributed by atoms with E-state index in [0.717, 1.165) is 31.1 Å². The van der Waals surface area contributed by atoms with Gasteiger partial charge in [-0.25, -0.2) is 4.98 Å². The van der Waals surface area contributed by atoms with Crippen LogP contribution in [0.15, 0.2) is 60.8 Å². The fraction of sp³-hybridized carbons (Fsp3) is 0.273. The predicted octanol–water partition coefficient (Wildman–Crippen LogP) is 4.99. The molecule has 1 aromatic heterocycles. The van der Waals surface area contributed by atoms with Crippen molar-refractivity contribution in [2.24, 2.45) is 0 Å². The number of benzene rings is 2. The molecule has 0 aliphatic carbocycles. The first-order chi connectivity index (χ1) is 13.2. The highest BCUT2D eigenvalue weighted by Gasteiger charge is 2.04. The van der Waals surface area contributed by atoms with E-state index in [1.54, 1.807) is 6.20 Å². The lowest BCUT2D eigenvalue weighted by Gasteiger charge is -2.21. The first-order valence-corrected chi connectivity index (χ1v) is 9.42. The number of aromatic nitrogens is 2. The molecular formula is C22H27N5. The maximum absolute atomic E-state index is 4.55. The van der Waals surface area contributed by atoms with Gasteiger partial charge >= 0.3 is 0 Å². The Labute approximate surface area is 161 Å². The molecule has 0 unspecified atom stereocenters. The van der Waals surface area contributed by atoms with Crippen LogP contribution in [0.2, 0.25) is 0 Å². The number of rotatable bonds is 8. The molecule has 3 rings (SSSR count). The second kappa shape index (κ2) is 9.03. The Morgan fingerprint density at radius 1 is 0.963 bits per heavy atom. The summed E-state index contributed by atoms with van der Waals surface area (Å²) in [4.78, 5) is 11.2. The Bertz CT molecular complexity index is 857. The van der Waals surface area contributed by atoms with E-state index in [1.807, 2.05) is 6.07 Å². The van der Waals surface area contributed by atoms with Crippen molar-refractivity contribution in [2.75, 3.05) is 28.6 Å². The molecule has 2 aromatic carbocycles. The van der Waals surface area contributed by atoms with Gasteiger partial charge in [-0.3, -0.25) is 0 Å². The molecule has 5 heteroatoms. The minimum absolute atomic E-state index is 0.583. The molecule has 0 spiro atoms. The highest BCUT2D eigenvalue weighted by Crippen LogP contribution is 2.20. The standard InChI is InChI=1S/C22H27N5/c1-4-27(5-2)20-11-9-19(10-12-20)25-22-23-14-13-21(26-22)24-16-18-8-6-7-17(3)15-18/h6-15H,4-5,16H2,1-3H3,(H2,23,24,25,26). The number of hydrogen-bond donors (Lipinski definition) is 2. The maximum Gasteiger partial charge on any atom is 0.229 e. The van der Waals surface area contributed by atoms with E-state index >= 15 is 0 Å². The van der Waals surface area contributed by atoms with Crippen molar-refractivity contribution in [1.29, 1.82) is 0 Å². The van der Waals surface area contributed by atoms with Gasteiger partial charge in [-0.2, -0.15) is 4.98 Å². The minimum atomic E-state index is 0.583. The molecule has 27 heavy (non-hydrogen) atoms. The molecule has 0 radical (unpaired) electrons. The first-order valence-electron chi connectivity index (χ1n) is 9.42. The van der Waals surface area contributed by atoms with E-state index in [1.165, 1.54) is 16.8 Å². The maximum atomic E-state index is 4.55. The van der Waals surface area contributed by atoms with Gasteiger partial charge in [0.15, 0.2) is 0 Å². The second-order valence-corrected chi connectivity index (χ2v) is 6.45. The monoisotopic (exact) mass is 361 g/mol. The van der Waals surface area contributed by atoms with Crippen molar-refractivity contribution in [3.8, 4) is 0 Å². The summed E-state index contributed by atoms with van der Waals surface area (Å²) in [5.74, 6) is 1.38. The van der Waals surface area contributed by atoms with Crippen LogP contribution < -0.4 is 15.5 Å². The molecule has 1 heterocycles. The largest absolute Gasteiger partial charge is 0.372 e. The SMILES string of the molecule is CCN(CC)c1ccc(Nc2nccc(NCc3cccc(C)c3)n2)cc1. The van der Waals surface area contributed by atoms with Crippen molar-refractivity contribution in [1.82, 2.24) is 9.97 Å². The molecule has 0 amide bonds. The van der Waals surface area contributed by atoms with Gasteiger partial charge in [-0.05, 0) is 56.7 Å². The third-order valence-corrected chi connectivity index (χ3v) is 4.46. The van der Waals surface area contributed by atoms with Gasteiger partial charge in [-0.1, -0.05) is 29.8 Å². The Morgan fingerprint density at radius 2 is 1.74 bits per heavy atom. The molecule has 0 aliphatic heterocycles. The zero-order chi connectivity index (χ0) is 19.1. The average Bonchev–Trinajstić information content (AvgIpc) is 2.69. The molecule has 140 valence electrons. The second-order valence-electron chi connectivity index (χ2n) is 6.45. The lowest BCUT2D eigenvalue weighted by atomic mass is 10.1. The number of aryl methyl sites for hydroxylation is 1. The Kier molecular flexibility index (Phi) is 6.26. The van der Waals surface area contributed by atoms with E-state index in [9.17, 15) is 0 Å². The van der Waals surface area contributed by atoms with Crippen LogP contribution in [-0.4, -0.2) is 23.1 Å². The highest BCUT2D eigenvalue weighted by molar-refractivity contribution is 5.60. The summed E-state index contributed by atoms with van der Waals surface area (Å²) in [6.07, 6.45) is 1.76. The van der Waals surface area contributed by atoms with E-state index in [-0.39, 0.29) is 0 Å². The van der Waals surface area contributed by atoms with Crippen molar-refractivity contribution < 1.29 is 0 Å². The Balaban J connectivity index is 1.63. The number of hydrogen-bond acceptors (Lipinski definition) is 5. The molecule has 0 fully saturated rings. The van der Waals surface area contributed by atoms with Gasteiger partial charge in [0.1, 0.15) is 5.82 Å². The minimum Gasteiger partial charge on any atom is -0.372 e. The van der Waals surface area contributed by atoms with E-state index < -0.39 is 0 Å². The average molecular weight is 361 g/mol. The lowest BCUT2D eigenvalue weighted by molar-refractivity contribution is 0.866. The molecular weight excluding hydrogens is 334 g/mol. The van der Waals surface area contributed by atoms with Crippen LogP contribution in [0.1, 0.15) is 25.0 Å². The molecule has 0 atom stereocenters. The summed E-state index contributed by atoms with van der Waals surface area (Å²) in [6.45, 7) is 9.16.